The van der Waals surface area contributed by atoms with E-state index in [0.29, 0.717) is 11.5 Å². The highest BCUT2D eigenvalue weighted by molar-refractivity contribution is 5.29. The average Bonchev–Trinajstić information content (AvgIpc) is 2.93. The quantitative estimate of drug-likeness (QED) is 0.742. The van der Waals surface area contributed by atoms with Gasteiger partial charge in [0.25, 0.3) is 0 Å². The second-order valence-corrected chi connectivity index (χ2v) is 8.04. The maximum Gasteiger partial charge on any atom is 0.0292 e. The first-order valence-electron chi connectivity index (χ1n) is 8.70. The summed E-state index contributed by atoms with van der Waals surface area (Å²) in [6.07, 6.45) is 6.97. The highest BCUT2D eigenvalue weighted by Crippen LogP contribution is 2.40. The first kappa shape index (κ1) is 16.5. The Balaban J connectivity index is 1.95. The third kappa shape index (κ3) is 4.10. The fraction of sp³-hybridized carbons (Fsp3) is 0.700. The summed E-state index contributed by atoms with van der Waals surface area (Å²) in [5, 5.41) is 3.79. The average molecular weight is 287 g/mol. The minimum atomic E-state index is 0.241. The first-order valence-corrected chi connectivity index (χ1v) is 8.70. The van der Waals surface area contributed by atoms with Crippen LogP contribution in [-0.2, 0) is 5.41 Å². The molecular weight excluding hydrogens is 254 g/mol. The normalized spacial score (nSPS) is 19.7. The number of rotatable bonds is 5. The molecule has 1 aliphatic rings. The molecule has 0 saturated heterocycles. The SMILES string of the molecule is CCC1(CNC(C)c2ccc(C(C)(C)C)cc2)CCCC1. The molecule has 2 rings (SSSR count). The van der Waals surface area contributed by atoms with Gasteiger partial charge in [0.2, 0.25) is 0 Å². The first-order chi connectivity index (χ1) is 9.86. The second kappa shape index (κ2) is 6.52. The lowest BCUT2D eigenvalue weighted by atomic mass is 9.83. The monoisotopic (exact) mass is 287 g/mol. The van der Waals surface area contributed by atoms with Crippen LogP contribution in [0.2, 0.25) is 0 Å². The standard InChI is InChI=1S/C20H33N/c1-6-20(13-7-8-14-20)15-21-16(2)17-9-11-18(12-10-17)19(3,4)5/h9-12,16,21H,6-8,13-15H2,1-5H3. The fourth-order valence-electron chi connectivity index (χ4n) is 3.54. The maximum absolute atomic E-state index is 3.79. The summed E-state index contributed by atoms with van der Waals surface area (Å²) < 4.78 is 0. The van der Waals surface area contributed by atoms with Crippen molar-refractivity contribution in [1.82, 2.24) is 5.32 Å². The number of benzene rings is 1. The smallest absolute Gasteiger partial charge is 0.0292 e. The van der Waals surface area contributed by atoms with Crippen LogP contribution in [0.15, 0.2) is 24.3 Å². The van der Waals surface area contributed by atoms with Crippen LogP contribution in [0, 0.1) is 5.41 Å². The van der Waals surface area contributed by atoms with Gasteiger partial charge in [0.1, 0.15) is 0 Å². The summed E-state index contributed by atoms with van der Waals surface area (Å²) in [6, 6.07) is 9.62. The summed E-state index contributed by atoms with van der Waals surface area (Å²) in [5.41, 5.74) is 3.64. The van der Waals surface area contributed by atoms with Crippen molar-refractivity contribution >= 4 is 0 Å². The Morgan fingerprint density at radius 2 is 1.67 bits per heavy atom. The largest absolute Gasteiger partial charge is 0.310 e. The van der Waals surface area contributed by atoms with Crippen LogP contribution in [0.25, 0.3) is 0 Å². The van der Waals surface area contributed by atoms with Crippen molar-refractivity contribution in [1.29, 1.82) is 0 Å². The van der Waals surface area contributed by atoms with Gasteiger partial charge in [-0.1, -0.05) is 64.8 Å². The minimum Gasteiger partial charge on any atom is -0.310 e. The molecule has 1 aromatic rings. The Morgan fingerprint density at radius 1 is 1.10 bits per heavy atom. The molecule has 21 heavy (non-hydrogen) atoms. The molecule has 0 spiro atoms. The van der Waals surface area contributed by atoms with E-state index >= 15 is 0 Å². The van der Waals surface area contributed by atoms with E-state index in [9.17, 15) is 0 Å². The van der Waals surface area contributed by atoms with Gasteiger partial charge in [-0.25, -0.2) is 0 Å². The van der Waals surface area contributed by atoms with Crippen molar-refractivity contribution in [3.63, 3.8) is 0 Å². The highest BCUT2D eigenvalue weighted by atomic mass is 14.9. The minimum absolute atomic E-state index is 0.241. The lowest BCUT2D eigenvalue weighted by molar-refractivity contribution is 0.259. The Morgan fingerprint density at radius 3 is 2.14 bits per heavy atom. The molecule has 0 radical (unpaired) electrons. The van der Waals surface area contributed by atoms with Crippen molar-refractivity contribution in [2.45, 2.75) is 78.2 Å². The molecule has 118 valence electrons. The van der Waals surface area contributed by atoms with Crippen molar-refractivity contribution in [2.24, 2.45) is 5.41 Å². The predicted molar refractivity (Wildman–Crippen MR) is 92.8 cm³/mol. The van der Waals surface area contributed by atoms with E-state index in [1.54, 1.807) is 0 Å². The fourth-order valence-corrected chi connectivity index (χ4v) is 3.54. The van der Waals surface area contributed by atoms with Crippen LogP contribution in [0.1, 0.15) is 83.9 Å². The molecule has 0 heterocycles. The Kier molecular flexibility index (Phi) is 5.14. The van der Waals surface area contributed by atoms with Crippen LogP contribution < -0.4 is 5.32 Å². The third-order valence-electron chi connectivity index (χ3n) is 5.47. The summed E-state index contributed by atoms with van der Waals surface area (Å²) in [6.45, 7) is 12.6. The van der Waals surface area contributed by atoms with Crippen LogP contribution >= 0.6 is 0 Å². The van der Waals surface area contributed by atoms with Gasteiger partial charge >= 0.3 is 0 Å². The van der Waals surface area contributed by atoms with Gasteiger partial charge in [-0.3, -0.25) is 0 Å². The van der Waals surface area contributed by atoms with Crippen LogP contribution in [0.5, 0.6) is 0 Å². The lowest BCUT2D eigenvalue weighted by Gasteiger charge is -2.30. The Labute approximate surface area is 131 Å². The molecule has 1 aliphatic carbocycles. The summed E-state index contributed by atoms with van der Waals surface area (Å²) in [4.78, 5) is 0. The van der Waals surface area contributed by atoms with Gasteiger partial charge in [-0.2, -0.15) is 0 Å². The molecule has 1 atom stereocenters. The molecule has 0 amide bonds. The van der Waals surface area contributed by atoms with Crippen LogP contribution in [0.4, 0.5) is 0 Å². The molecule has 1 N–H and O–H groups in total. The Bertz CT molecular complexity index is 432. The van der Waals surface area contributed by atoms with Gasteiger partial charge in [0.15, 0.2) is 0 Å². The predicted octanol–water partition coefficient (Wildman–Crippen LogP) is 5.61. The van der Waals surface area contributed by atoms with E-state index in [-0.39, 0.29) is 5.41 Å². The molecule has 1 aromatic carbocycles. The number of hydrogen-bond acceptors (Lipinski definition) is 1. The summed E-state index contributed by atoms with van der Waals surface area (Å²) in [7, 11) is 0. The van der Waals surface area contributed by atoms with E-state index in [1.807, 2.05) is 0 Å². The van der Waals surface area contributed by atoms with E-state index < -0.39 is 0 Å². The number of hydrogen-bond donors (Lipinski definition) is 1. The second-order valence-electron chi connectivity index (χ2n) is 8.04. The molecule has 1 unspecified atom stereocenters. The van der Waals surface area contributed by atoms with Crippen LogP contribution in [-0.4, -0.2) is 6.54 Å². The molecule has 0 bridgehead atoms. The van der Waals surface area contributed by atoms with Gasteiger partial charge in [-0.15, -0.1) is 0 Å². The highest BCUT2D eigenvalue weighted by Gasteiger charge is 2.31. The van der Waals surface area contributed by atoms with E-state index in [1.165, 1.54) is 49.8 Å². The van der Waals surface area contributed by atoms with Crippen molar-refractivity contribution < 1.29 is 0 Å². The van der Waals surface area contributed by atoms with E-state index in [2.05, 4.69) is 64.2 Å². The zero-order valence-electron chi connectivity index (χ0n) is 14.6. The number of nitrogens with one attached hydrogen (secondary N) is 1. The zero-order valence-corrected chi connectivity index (χ0v) is 14.6. The molecule has 0 aromatic heterocycles. The molecule has 1 saturated carbocycles. The van der Waals surface area contributed by atoms with E-state index in [4.69, 9.17) is 0 Å². The maximum atomic E-state index is 3.79. The van der Waals surface area contributed by atoms with Crippen LogP contribution in [0.3, 0.4) is 0 Å². The molecule has 1 nitrogen and oxygen atoms in total. The summed E-state index contributed by atoms with van der Waals surface area (Å²) >= 11 is 0. The summed E-state index contributed by atoms with van der Waals surface area (Å²) in [5.74, 6) is 0. The molecular formula is C20H33N. The topological polar surface area (TPSA) is 12.0 Å². The van der Waals surface area contributed by atoms with Gasteiger partial charge < -0.3 is 5.32 Å². The van der Waals surface area contributed by atoms with Gasteiger partial charge in [-0.05, 0) is 48.1 Å². The van der Waals surface area contributed by atoms with Gasteiger partial charge in [0, 0.05) is 12.6 Å². The van der Waals surface area contributed by atoms with Gasteiger partial charge in [0.05, 0.1) is 0 Å². The van der Waals surface area contributed by atoms with Crippen molar-refractivity contribution in [3.05, 3.63) is 35.4 Å². The van der Waals surface area contributed by atoms with Crippen molar-refractivity contribution in [2.75, 3.05) is 6.54 Å². The molecule has 1 fully saturated rings. The van der Waals surface area contributed by atoms with Crippen molar-refractivity contribution in [3.8, 4) is 0 Å². The zero-order chi connectivity index (χ0) is 15.5. The van der Waals surface area contributed by atoms with E-state index in [0.717, 1.165) is 0 Å². The molecule has 1 heteroatoms. The lowest BCUT2D eigenvalue weighted by Crippen LogP contribution is -2.33. The molecule has 0 aliphatic heterocycles. The third-order valence-corrected chi connectivity index (χ3v) is 5.47. The Hall–Kier alpha value is -0.820.